The molecule has 2 aromatic carbocycles. The first-order valence-electron chi connectivity index (χ1n) is 5.55. The van der Waals surface area contributed by atoms with Crippen LogP contribution in [0.1, 0.15) is 27.0 Å². The summed E-state index contributed by atoms with van der Waals surface area (Å²) >= 11 is 0. The molecule has 0 amide bonds. The lowest BCUT2D eigenvalue weighted by atomic mass is 10.1. The highest BCUT2D eigenvalue weighted by Crippen LogP contribution is 2.10. The maximum atomic E-state index is 10.5. The van der Waals surface area contributed by atoms with Crippen LogP contribution in [0.5, 0.6) is 0 Å². The van der Waals surface area contributed by atoms with Crippen molar-refractivity contribution in [3.05, 3.63) is 70.8 Å². The molecule has 2 rings (SSSR count). The van der Waals surface area contributed by atoms with Crippen molar-refractivity contribution >= 4 is 18.4 Å². The zero-order valence-electron chi connectivity index (χ0n) is 9.71. The molecule has 86 valence electrons. The van der Waals surface area contributed by atoms with Crippen LogP contribution in [0.15, 0.2) is 48.5 Å². The molecule has 2 heteroatoms. The lowest BCUT2D eigenvalue weighted by Crippen LogP contribution is -1.79. The van der Waals surface area contributed by atoms with Crippen LogP contribution in [-0.2, 0) is 0 Å². The van der Waals surface area contributed by atoms with Gasteiger partial charge < -0.3 is 0 Å². The summed E-state index contributed by atoms with van der Waals surface area (Å²) in [5.74, 6) is 0. The number of rotatable bonds is 3. The number of carbonyl (C=O) groups excluding carboxylic acids is 1. The largest absolute Gasteiger partial charge is 0.298 e. The van der Waals surface area contributed by atoms with E-state index in [0.717, 1.165) is 17.4 Å². The fourth-order valence-corrected chi connectivity index (χ4v) is 1.55. The molecule has 0 fully saturated rings. The smallest absolute Gasteiger partial charge is 0.150 e. The highest BCUT2D eigenvalue weighted by atomic mass is 16.1. The summed E-state index contributed by atoms with van der Waals surface area (Å²) in [5.41, 5.74) is 3.39. The lowest BCUT2D eigenvalue weighted by Gasteiger charge is -1.95. The third-order valence-corrected chi connectivity index (χ3v) is 2.58. The van der Waals surface area contributed by atoms with Gasteiger partial charge in [-0.1, -0.05) is 48.6 Å². The van der Waals surface area contributed by atoms with Gasteiger partial charge in [0.2, 0.25) is 0 Å². The van der Waals surface area contributed by atoms with Crippen molar-refractivity contribution in [1.29, 1.82) is 5.26 Å². The van der Waals surface area contributed by atoms with Gasteiger partial charge in [-0.15, -0.1) is 0 Å². The van der Waals surface area contributed by atoms with Crippen molar-refractivity contribution in [2.45, 2.75) is 0 Å². The number of hydrogen-bond acceptors (Lipinski definition) is 2. The number of nitrogens with zero attached hydrogens (tertiary/aromatic N) is 1. The summed E-state index contributed by atoms with van der Waals surface area (Å²) in [5, 5.41) is 8.69. The molecule has 0 aromatic heterocycles. The van der Waals surface area contributed by atoms with E-state index >= 15 is 0 Å². The van der Waals surface area contributed by atoms with Crippen LogP contribution in [0.2, 0.25) is 0 Å². The minimum absolute atomic E-state index is 0.655. The molecule has 0 aliphatic carbocycles. The molecule has 0 aliphatic heterocycles. The molecule has 0 N–H and O–H groups in total. The van der Waals surface area contributed by atoms with E-state index in [4.69, 9.17) is 5.26 Å². The second-order valence-electron chi connectivity index (χ2n) is 3.85. The van der Waals surface area contributed by atoms with E-state index in [0.29, 0.717) is 11.1 Å². The molecular formula is C16H11NO. The van der Waals surface area contributed by atoms with E-state index in [-0.39, 0.29) is 0 Å². The molecule has 0 radical (unpaired) electrons. The second-order valence-corrected chi connectivity index (χ2v) is 3.85. The van der Waals surface area contributed by atoms with Gasteiger partial charge in [0, 0.05) is 5.56 Å². The summed E-state index contributed by atoms with van der Waals surface area (Å²) in [4.78, 5) is 10.5. The van der Waals surface area contributed by atoms with E-state index in [2.05, 4.69) is 6.07 Å². The Morgan fingerprint density at radius 3 is 1.67 bits per heavy atom. The molecule has 0 unspecified atom stereocenters. The first kappa shape index (κ1) is 11.8. The van der Waals surface area contributed by atoms with Gasteiger partial charge in [0.05, 0.1) is 11.6 Å². The van der Waals surface area contributed by atoms with Crippen molar-refractivity contribution in [3.63, 3.8) is 0 Å². The molecular weight excluding hydrogens is 222 g/mol. The SMILES string of the molecule is N#Cc1ccc(/C=C/c2ccc(C=O)cc2)cc1. The standard InChI is InChI=1S/C16H11NO/c17-11-15-7-3-13(4-8-15)1-2-14-5-9-16(12-18)10-6-14/h1-10,12H/b2-1+. The Morgan fingerprint density at radius 1 is 0.778 bits per heavy atom. The van der Waals surface area contributed by atoms with Crippen molar-refractivity contribution < 1.29 is 4.79 Å². The second kappa shape index (κ2) is 5.60. The zero-order valence-corrected chi connectivity index (χ0v) is 9.71. The minimum atomic E-state index is 0.655. The summed E-state index contributed by atoms with van der Waals surface area (Å²) in [7, 11) is 0. The Morgan fingerprint density at radius 2 is 1.22 bits per heavy atom. The predicted molar refractivity (Wildman–Crippen MR) is 71.9 cm³/mol. The van der Waals surface area contributed by atoms with E-state index in [9.17, 15) is 4.79 Å². The number of benzene rings is 2. The molecule has 0 bridgehead atoms. The average Bonchev–Trinajstić information content (AvgIpc) is 2.46. The first-order chi connectivity index (χ1) is 8.81. The normalized spacial score (nSPS) is 10.2. The maximum absolute atomic E-state index is 10.5. The van der Waals surface area contributed by atoms with Gasteiger partial charge in [0.1, 0.15) is 6.29 Å². The minimum Gasteiger partial charge on any atom is -0.298 e. The Labute approximate surface area is 106 Å². The monoisotopic (exact) mass is 233 g/mol. The van der Waals surface area contributed by atoms with Crippen molar-refractivity contribution in [3.8, 4) is 6.07 Å². The van der Waals surface area contributed by atoms with Crippen molar-refractivity contribution in [1.82, 2.24) is 0 Å². The highest BCUT2D eigenvalue weighted by molar-refractivity contribution is 5.76. The molecule has 0 saturated carbocycles. The first-order valence-corrected chi connectivity index (χ1v) is 5.55. The molecule has 0 saturated heterocycles. The maximum Gasteiger partial charge on any atom is 0.150 e. The summed E-state index contributed by atoms with van der Waals surface area (Å²) in [6.07, 6.45) is 4.77. The van der Waals surface area contributed by atoms with Crippen LogP contribution in [0.3, 0.4) is 0 Å². The van der Waals surface area contributed by atoms with Crippen LogP contribution in [0, 0.1) is 11.3 Å². The molecule has 0 atom stereocenters. The van der Waals surface area contributed by atoms with Crippen LogP contribution < -0.4 is 0 Å². The molecule has 2 nitrogen and oxygen atoms in total. The number of hydrogen-bond donors (Lipinski definition) is 0. The van der Waals surface area contributed by atoms with Crippen molar-refractivity contribution in [2.75, 3.05) is 0 Å². The Bertz CT molecular complexity index is 601. The molecule has 0 aliphatic rings. The van der Waals surface area contributed by atoms with E-state index < -0.39 is 0 Å². The lowest BCUT2D eigenvalue weighted by molar-refractivity contribution is 0.112. The molecule has 0 heterocycles. The molecule has 2 aromatic rings. The Hall–Kier alpha value is -2.66. The average molecular weight is 233 g/mol. The number of nitriles is 1. The van der Waals surface area contributed by atoms with E-state index in [1.807, 2.05) is 36.4 Å². The summed E-state index contributed by atoms with van der Waals surface area (Å²) in [6, 6.07) is 16.8. The van der Waals surface area contributed by atoms with Gasteiger partial charge in [-0.3, -0.25) is 4.79 Å². The fraction of sp³-hybridized carbons (Fsp3) is 0. The van der Waals surface area contributed by atoms with Gasteiger partial charge in [0.15, 0.2) is 0 Å². The van der Waals surface area contributed by atoms with Gasteiger partial charge in [-0.25, -0.2) is 0 Å². The van der Waals surface area contributed by atoms with Crippen LogP contribution in [0.4, 0.5) is 0 Å². The highest BCUT2D eigenvalue weighted by Gasteiger charge is 1.91. The zero-order chi connectivity index (χ0) is 12.8. The number of carbonyl (C=O) groups is 1. The quantitative estimate of drug-likeness (QED) is 0.601. The van der Waals surface area contributed by atoms with Crippen molar-refractivity contribution in [2.24, 2.45) is 0 Å². The molecule has 0 spiro atoms. The van der Waals surface area contributed by atoms with Crippen LogP contribution in [-0.4, -0.2) is 6.29 Å². The third-order valence-electron chi connectivity index (χ3n) is 2.58. The Kier molecular flexibility index (Phi) is 3.68. The van der Waals surface area contributed by atoms with E-state index in [1.165, 1.54) is 0 Å². The predicted octanol–water partition coefficient (Wildman–Crippen LogP) is 3.54. The van der Waals surface area contributed by atoms with Gasteiger partial charge >= 0.3 is 0 Å². The molecule has 18 heavy (non-hydrogen) atoms. The van der Waals surface area contributed by atoms with Gasteiger partial charge in [-0.05, 0) is 23.3 Å². The third kappa shape index (κ3) is 2.93. The van der Waals surface area contributed by atoms with E-state index in [1.54, 1.807) is 24.3 Å². The van der Waals surface area contributed by atoms with Gasteiger partial charge in [-0.2, -0.15) is 5.26 Å². The summed E-state index contributed by atoms with van der Waals surface area (Å²) < 4.78 is 0. The number of aldehydes is 1. The topological polar surface area (TPSA) is 40.9 Å². The summed E-state index contributed by atoms with van der Waals surface area (Å²) in [6.45, 7) is 0. The Balaban J connectivity index is 2.14. The van der Waals surface area contributed by atoms with Crippen LogP contribution >= 0.6 is 0 Å². The van der Waals surface area contributed by atoms with Gasteiger partial charge in [0.25, 0.3) is 0 Å². The van der Waals surface area contributed by atoms with Crippen LogP contribution in [0.25, 0.3) is 12.2 Å². The fourth-order valence-electron chi connectivity index (χ4n) is 1.55.